The maximum atomic E-state index is 7.64. The highest BCUT2D eigenvalue weighted by molar-refractivity contribution is 6.34. The molecular weight excluding hydrogens is 288 g/mol. The Bertz CT molecular complexity index is 796. The van der Waals surface area contributed by atoms with Crippen LogP contribution < -0.4 is 5.73 Å². The lowest BCUT2D eigenvalue weighted by Crippen LogP contribution is -2.16. The van der Waals surface area contributed by atoms with Crippen LogP contribution in [-0.4, -0.2) is 26.0 Å². The normalized spacial score (nSPS) is 10.5. The minimum atomic E-state index is -0.144. The third-order valence-corrected chi connectivity index (χ3v) is 3.24. The van der Waals surface area contributed by atoms with Gasteiger partial charge in [0.15, 0.2) is 0 Å². The first kappa shape index (κ1) is 13.3. The molecule has 0 unspecified atom stereocenters. The van der Waals surface area contributed by atoms with Gasteiger partial charge in [0.05, 0.1) is 16.3 Å². The highest BCUT2D eigenvalue weighted by Gasteiger charge is 2.14. The van der Waals surface area contributed by atoms with E-state index in [4.69, 9.17) is 22.7 Å². The molecule has 0 fully saturated rings. The molecule has 1 heterocycles. The summed E-state index contributed by atoms with van der Waals surface area (Å²) in [7, 11) is 0. The molecule has 0 aliphatic rings. The molecule has 0 saturated heterocycles. The number of aromatic nitrogens is 4. The Morgan fingerprint density at radius 2 is 1.86 bits per heavy atom. The highest BCUT2D eigenvalue weighted by Crippen LogP contribution is 2.22. The van der Waals surface area contributed by atoms with E-state index in [-0.39, 0.29) is 5.84 Å². The average Bonchev–Trinajstić information content (AvgIpc) is 2.97. The molecule has 0 radical (unpaired) electrons. The van der Waals surface area contributed by atoms with E-state index < -0.39 is 0 Å². The van der Waals surface area contributed by atoms with Gasteiger partial charge in [0.25, 0.3) is 0 Å². The van der Waals surface area contributed by atoms with Crippen LogP contribution >= 0.6 is 11.6 Å². The van der Waals surface area contributed by atoms with E-state index in [0.717, 1.165) is 5.56 Å². The van der Waals surface area contributed by atoms with Crippen molar-refractivity contribution in [2.75, 3.05) is 0 Å². The van der Waals surface area contributed by atoms with Crippen molar-refractivity contribution in [1.82, 2.24) is 20.2 Å². The van der Waals surface area contributed by atoms with Gasteiger partial charge < -0.3 is 5.73 Å². The number of rotatable bonds is 3. The fourth-order valence-electron chi connectivity index (χ4n) is 1.97. The first-order valence-electron chi connectivity index (χ1n) is 6.15. The maximum Gasteiger partial charge on any atom is 0.205 e. The predicted octanol–water partition coefficient (Wildman–Crippen LogP) is 2.27. The van der Waals surface area contributed by atoms with E-state index in [1.807, 2.05) is 30.3 Å². The number of benzene rings is 2. The van der Waals surface area contributed by atoms with Gasteiger partial charge in [-0.3, -0.25) is 5.41 Å². The molecule has 21 heavy (non-hydrogen) atoms. The van der Waals surface area contributed by atoms with Crippen molar-refractivity contribution in [3.8, 4) is 17.1 Å². The first-order valence-corrected chi connectivity index (χ1v) is 6.53. The summed E-state index contributed by atoms with van der Waals surface area (Å²) in [5.74, 6) is 0.347. The number of nitrogen functional groups attached to an aromatic ring is 1. The Balaban J connectivity index is 2.09. The Morgan fingerprint density at radius 3 is 2.57 bits per heavy atom. The fourth-order valence-corrected chi connectivity index (χ4v) is 2.24. The van der Waals surface area contributed by atoms with Crippen LogP contribution in [0.1, 0.15) is 5.56 Å². The van der Waals surface area contributed by atoms with Gasteiger partial charge >= 0.3 is 0 Å². The summed E-state index contributed by atoms with van der Waals surface area (Å²) < 4.78 is 0. The molecule has 6 nitrogen and oxygen atoms in total. The third kappa shape index (κ3) is 2.48. The van der Waals surface area contributed by atoms with Crippen molar-refractivity contribution in [2.45, 2.75) is 0 Å². The second kappa shape index (κ2) is 5.34. The second-order valence-corrected chi connectivity index (χ2v) is 4.72. The van der Waals surface area contributed by atoms with Crippen molar-refractivity contribution in [1.29, 1.82) is 5.41 Å². The van der Waals surface area contributed by atoms with Gasteiger partial charge in [-0.25, -0.2) is 0 Å². The summed E-state index contributed by atoms with van der Waals surface area (Å²) in [5, 5.41) is 20.4. The molecule has 3 N–H and O–H groups in total. The number of hydrogen-bond donors (Lipinski definition) is 2. The quantitative estimate of drug-likeness (QED) is 0.573. The Morgan fingerprint density at radius 1 is 1.10 bits per heavy atom. The van der Waals surface area contributed by atoms with Gasteiger partial charge in [-0.05, 0) is 17.3 Å². The van der Waals surface area contributed by atoms with E-state index in [2.05, 4.69) is 15.4 Å². The van der Waals surface area contributed by atoms with Crippen LogP contribution in [0, 0.1) is 5.41 Å². The Kier molecular flexibility index (Phi) is 3.37. The average molecular weight is 299 g/mol. The number of nitrogens with one attached hydrogen (secondary N) is 1. The molecule has 3 aromatic rings. The lowest BCUT2D eigenvalue weighted by Gasteiger charge is -2.07. The largest absolute Gasteiger partial charge is 0.384 e. The van der Waals surface area contributed by atoms with Crippen LogP contribution in [0.5, 0.6) is 0 Å². The topological polar surface area (TPSA) is 93.5 Å². The minimum Gasteiger partial charge on any atom is -0.384 e. The summed E-state index contributed by atoms with van der Waals surface area (Å²) in [6.07, 6.45) is 0. The SMILES string of the molecule is N=C(N)c1c(Cl)cccc1-n1nnc(-c2ccccc2)n1. The van der Waals surface area contributed by atoms with Gasteiger partial charge in [-0.15, -0.1) is 15.0 Å². The van der Waals surface area contributed by atoms with Crippen molar-refractivity contribution in [3.63, 3.8) is 0 Å². The summed E-state index contributed by atoms with van der Waals surface area (Å²) >= 11 is 6.09. The van der Waals surface area contributed by atoms with E-state index >= 15 is 0 Å². The smallest absolute Gasteiger partial charge is 0.205 e. The van der Waals surface area contributed by atoms with Crippen molar-refractivity contribution in [2.24, 2.45) is 5.73 Å². The molecule has 2 aromatic carbocycles. The van der Waals surface area contributed by atoms with Gasteiger partial charge in [-0.1, -0.05) is 48.0 Å². The number of nitrogens with two attached hydrogens (primary N) is 1. The standard InChI is InChI=1S/C14H11ClN6/c15-10-7-4-8-11(12(10)13(16)17)21-19-14(18-20-21)9-5-2-1-3-6-9/h1-8H,(H3,16,17). The van der Waals surface area contributed by atoms with E-state index in [1.54, 1.807) is 18.2 Å². The summed E-state index contributed by atoms with van der Waals surface area (Å²) in [4.78, 5) is 1.32. The Hall–Kier alpha value is -2.73. The van der Waals surface area contributed by atoms with Crippen LogP contribution in [-0.2, 0) is 0 Å². The monoisotopic (exact) mass is 298 g/mol. The number of nitrogens with zero attached hydrogens (tertiary/aromatic N) is 4. The zero-order valence-electron chi connectivity index (χ0n) is 10.9. The van der Waals surface area contributed by atoms with Crippen LogP contribution in [0.15, 0.2) is 48.5 Å². The fraction of sp³-hybridized carbons (Fsp3) is 0. The van der Waals surface area contributed by atoms with Crippen LogP contribution in [0.3, 0.4) is 0 Å². The van der Waals surface area contributed by atoms with E-state index in [0.29, 0.717) is 22.1 Å². The number of amidine groups is 1. The molecule has 104 valence electrons. The van der Waals surface area contributed by atoms with Gasteiger partial charge in [0.2, 0.25) is 5.82 Å². The van der Waals surface area contributed by atoms with Crippen LogP contribution in [0.2, 0.25) is 5.02 Å². The van der Waals surface area contributed by atoms with Crippen molar-refractivity contribution >= 4 is 17.4 Å². The van der Waals surface area contributed by atoms with Gasteiger partial charge in [-0.2, -0.15) is 0 Å². The molecule has 0 spiro atoms. The summed E-state index contributed by atoms with van der Waals surface area (Å²) in [6.45, 7) is 0. The van der Waals surface area contributed by atoms with E-state index in [1.165, 1.54) is 4.80 Å². The van der Waals surface area contributed by atoms with Crippen molar-refractivity contribution in [3.05, 3.63) is 59.1 Å². The highest BCUT2D eigenvalue weighted by atomic mass is 35.5. The molecule has 0 atom stereocenters. The Labute approximate surface area is 125 Å². The van der Waals surface area contributed by atoms with E-state index in [9.17, 15) is 0 Å². The molecular formula is C14H11ClN6. The second-order valence-electron chi connectivity index (χ2n) is 4.32. The third-order valence-electron chi connectivity index (χ3n) is 2.92. The molecule has 0 saturated carbocycles. The lowest BCUT2D eigenvalue weighted by molar-refractivity contribution is 0.719. The van der Waals surface area contributed by atoms with Gasteiger partial charge in [0.1, 0.15) is 5.84 Å². The molecule has 0 bridgehead atoms. The number of halogens is 1. The zero-order valence-corrected chi connectivity index (χ0v) is 11.6. The molecule has 0 aliphatic heterocycles. The molecule has 3 rings (SSSR count). The predicted molar refractivity (Wildman–Crippen MR) is 80.6 cm³/mol. The molecule has 0 aliphatic carbocycles. The molecule has 1 aromatic heterocycles. The van der Waals surface area contributed by atoms with Gasteiger partial charge in [0, 0.05) is 5.56 Å². The summed E-state index contributed by atoms with van der Waals surface area (Å²) in [5.41, 5.74) is 7.34. The molecule has 7 heteroatoms. The minimum absolute atomic E-state index is 0.144. The summed E-state index contributed by atoms with van der Waals surface area (Å²) in [6, 6.07) is 14.6. The number of tetrazole rings is 1. The zero-order chi connectivity index (χ0) is 14.8. The first-order chi connectivity index (χ1) is 10.2. The van der Waals surface area contributed by atoms with Crippen LogP contribution in [0.25, 0.3) is 17.1 Å². The van der Waals surface area contributed by atoms with Crippen molar-refractivity contribution < 1.29 is 0 Å². The lowest BCUT2D eigenvalue weighted by atomic mass is 10.1. The maximum absolute atomic E-state index is 7.64. The van der Waals surface area contributed by atoms with Crippen LogP contribution in [0.4, 0.5) is 0 Å². The number of hydrogen-bond acceptors (Lipinski definition) is 4. The molecule has 0 amide bonds.